The first-order valence-electron chi connectivity index (χ1n) is 5.91. The second kappa shape index (κ2) is 3.94. The van der Waals surface area contributed by atoms with Crippen LogP contribution in [0, 0.1) is 5.92 Å². The topological polar surface area (TPSA) is 45.5 Å². The van der Waals surface area contributed by atoms with Gasteiger partial charge in [0.25, 0.3) is 5.91 Å². The van der Waals surface area contributed by atoms with Crippen molar-refractivity contribution in [2.75, 3.05) is 19.6 Å². The number of amides is 1. The third kappa shape index (κ3) is 1.63. The molecule has 0 atom stereocenters. The van der Waals surface area contributed by atoms with Gasteiger partial charge in [0.1, 0.15) is 0 Å². The van der Waals surface area contributed by atoms with Gasteiger partial charge in [0.05, 0.1) is 12.8 Å². The minimum absolute atomic E-state index is 0.0681. The number of hydrogen-bond donors (Lipinski definition) is 1. The van der Waals surface area contributed by atoms with Gasteiger partial charge < -0.3 is 14.6 Å². The molecule has 0 unspecified atom stereocenters. The van der Waals surface area contributed by atoms with Gasteiger partial charge in [-0.3, -0.25) is 4.79 Å². The smallest absolute Gasteiger partial charge is 0.290 e. The van der Waals surface area contributed by atoms with E-state index < -0.39 is 0 Å². The average molecular weight is 220 g/mol. The van der Waals surface area contributed by atoms with E-state index in [0.717, 1.165) is 31.7 Å². The van der Waals surface area contributed by atoms with E-state index in [9.17, 15) is 4.79 Å². The van der Waals surface area contributed by atoms with Crippen molar-refractivity contribution in [3.63, 3.8) is 0 Å². The van der Waals surface area contributed by atoms with Crippen molar-refractivity contribution in [1.82, 2.24) is 10.2 Å². The summed E-state index contributed by atoms with van der Waals surface area (Å²) in [4.78, 5) is 13.9. The Kier molecular flexibility index (Phi) is 2.44. The molecule has 2 aliphatic heterocycles. The lowest BCUT2D eigenvalue weighted by Gasteiger charge is -2.27. The van der Waals surface area contributed by atoms with Crippen LogP contribution in [0.4, 0.5) is 0 Å². The second-order valence-corrected chi connectivity index (χ2v) is 4.65. The van der Waals surface area contributed by atoms with Gasteiger partial charge in [-0.1, -0.05) is 0 Å². The van der Waals surface area contributed by atoms with E-state index in [-0.39, 0.29) is 5.91 Å². The van der Waals surface area contributed by atoms with Gasteiger partial charge in [0.2, 0.25) is 0 Å². The maximum absolute atomic E-state index is 11.9. The number of piperidine rings is 1. The number of hydrogen-bond acceptors (Lipinski definition) is 3. The highest BCUT2D eigenvalue weighted by atomic mass is 16.3. The fourth-order valence-corrected chi connectivity index (χ4v) is 2.59. The molecule has 0 aromatic carbocycles. The summed E-state index contributed by atoms with van der Waals surface area (Å²) in [5.74, 6) is 1.27. The van der Waals surface area contributed by atoms with E-state index >= 15 is 0 Å². The quantitative estimate of drug-likeness (QED) is 0.815. The van der Waals surface area contributed by atoms with Gasteiger partial charge in [0.15, 0.2) is 5.76 Å². The normalized spacial score (nSPS) is 21.5. The van der Waals surface area contributed by atoms with Crippen molar-refractivity contribution in [1.29, 1.82) is 0 Å². The number of carbonyl (C=O) groups is 1. The Morgan fingerprint density at radius 1 is 1.44 bits per heavy atom. The molecule has 0 bridgehead atoms. The molecule has 1 aromatic rings. The van der Waals surface area contributed by atoms with Crippen LogP contribution in [0.2, 0.25) is 0 Å². The first-order chi connectivity index (χ1) is 7.84. The van der Waals surface area contributed by atoms with Gasteiger partial charge in [-0.05, 0) is 37.9 Å². The van der Waals surface area contributed by atoms with E-state index in [4.69, 9.17) is 4.42 Å². The third-order valence-electron chi connectivity index (χ3n) is 3.53. The molecule has 4 heteroatoms. The van der Waals surface area contributed by atoms with E-state index in [1.165, 1.54) is 12.8 Å². The SMILES string of the molecule is O=C1c2occc2CN1CC1CCNCC1. The van der Waals surface area contributed by atoms with Crippen molar-refractivity contribution in [2.24, 2.45) is 5.92 Å². The van der Waals surface area contributed by atoms with Gasteiger partial charge in [-0.25, -0.2) is 0 Å². The molecule has 1 fully saturated rings. The van der Waals surface area contributed by atoms with E-state index in [2.05, 4.69) is 5.32 Å². The molecule has 0 aliphatic carbocycles. The zero-order valence-corrected chi connectivity index (χ0v) is 9.24. The summed E-state index contributed by atoms with van der Waals surface area (Å²) in [5, 5.41) is 3.34. The molecule has 3 heterocycles. The molecule has 86 valence electrons. The summed E-state index contributed by atoms with van der Waals surface area (Å²) in [6.45, 7) is 3.77. The van der Waals surface area contributed by atoms with Crippen LogP contribution in [0.25, 0.3) is 0 Å². The highest BCUT2D eigenvalue weighted by Crippen LogP contribution is 2.25. The molecule has 1 amide bonds. The molecule has 4 nitrogen and oxygen atoms in total. The lowest BCUT2D eigenvalue weighted by atomic mass is 9.98. The van der Waals surface area contributed by atoms with E-state index in [1.807, 2.05) is 11.0 Å². The molecular formula is C12H16N2O2. The summed E-state index contributed by atoms with van der Waals surface area (Å²) < 4.78 is 5.20. The summed E-state index contributed by atoms with van der Waals surface area (Å²) in [6, 6.07) is 1.90. The number of nitrogens with one attached hydrogen (secondary N) is 1. The number of rotatable bonds is 2. The Labute approximate surface area is 94.6 Å². The van der Waals surface area contributed by atoms with Gasteiger partial charge >= 0.3 is 0 Å². The Morgan fingerprint density at radius 2 is 2.25 bits per heavy atom. The monoisotopic (exact) mass is 220 g/mol. The fraction of sp³-hybridized carbons (Fsp3) is 0.583. The Balaban J connectivity index is 1.65. The second-order valence-electron chi connectivity index (χ2n) is 4.65. The molecule has 3 rings (SSSR count). The van der Waals surface area contributed by atoms with Crippen molar-refractivity contribution >= 4 is 5.91 Å². The number of nitrogens with zero attached hydrogens (tertiary/aromatic N) is 1. The maximum Gasteiger partial charge on any atom is 0.290 e. The summed E-state index contributed by atoms with van der Waals surface area (Å²) in [7, 11) is 0. The Hall–Kier alpha value is -1.29. The molecule has 1 saturated heterocycles. The molecule has 0 saturated carbocycles. The standard InChI is InChI=1S/C12H16N2O2/c15-12-11-10(3-6-16-11)8-14(12)7-9-1-4-13-5-2-9/h3,6,9,13H,1-2,4-5,7-8H2. The van der Waals surface area contributed by atoms with Gasteiger partial charge in [-0.15, -0.1) is 0 Å². The molecule has 2 aliphatic rings. The minimum Gasteiger partial charge on any atom is -0.459 e. The van der Waals surface area contributed by atoms with Gasteiger partial charge in [-0.2, -0.15) is 0 Å². The zero-order chi connectivity index (χ0) is 11.0. The van der Waals surface area contributed by atoms with Crippen LogP contribution in [0.1, 0.15) is 29.0 Å². The van der Waals surface area contributed by atoms with Crippen molar-refractivity contribution in [3.05, 3.63) is 23.7 Å². The fourth-order valence-electron chi connectivity index (χ4n) is 2.59. The molecule has 0 spiro atoms. The Morgan fingerprint density at radius 3 is 3.00 bits per heavy atom. The highest BCUT2D eigenvalue weighted by molar-refractivity contribution is 5.95. The number of furan rings is 1. The van der Waals surface area contributed by atoms with Crippen molar-refractivity contribution in [3.8, 4) is 0 Å². The summed E-state index contributed by atoms with van der Waals surface area (Å²) >= 11 is 0. The van der Waals surface area contributed by atoms with Crippen LogP contribution in [-0.2, 0) is 6.54 Å². The van der Waals surface area contributed by atoms with Crippen molar-refractivity contribution in [2.45, 2.75) is 19.4 Å². The van der Waals surface area contributed by atoms with Crippen LogP contribution in [0.5, 0.6) is 0 Å². The van der Waals surface area contributed by atoms with Crippen LogP contribution in [0.3, 0.4) is 0 Å². The lowest BCUT2D eigenvalue weighted by Crippen LogP contribution is -2.36. The first-order valence-corrected chi connectivity index (χ1v) is 5.91. The Bertz CT molecular complexity index is 393. The zero-order valence-electron chi connectivity index (χ0n) is 9.24. The van der Waals surface area contributed by atoms with Crippen LogP contribution < -0.4 is 5.32 Å². The predicted octanol–water partition coefficient (Wildman–Crippen LogP) is 1.24. The third-order valence-corrected chi connectivity index (χ3v) is 3.53. The molecule has 0 radical (unpaired) electrons. The van der Waals surface area contributed by atoms with E-state index in [0.29, 0.717) is 11.7 Å². The number of carbonyl (C=O) groups excluding carboxylic acids is 1. The maximum atomic E-state index is 11.9. The molecule has 1 aromatic heterocycles. The lowest BCUT2D eigenvalue weighted by molar-refractivity contribution is 0.0714. The van der Waals surface area contributed by atoms with Crippen LogP contribution in [-0.4, -0.2) is 30.4 Å². The average Bonchev–Trinajstić information content (AvgIpc) is 2.86. The van der Waals surface area contributed by atoms with Crippen LogP contribution >= 0.6 is 0 Å². The van der Waals surface area contributed by atoms with E-state index in [1.54, 1.807) is 6.26 Å². The predicted molar refractivity (Wildman–Crippen MR) is 59.0 cm³/mol. The largest absolute Gasteiger partial charge is 0.459 e. The molecule has 16 heavy (non-hydrogen) atoms. The summed E-state index contributed by atoms with van der Waals surface area (Å²) in [6.07, 6.45) is 3.95. The molecular weight excluding hydrogens is 204 g/mol. The van der Waals surface area contributed by atoms with Gasteiger partial charge in [0, 0.05) is 12.1 Å². The molecule has 1 N–H and O–H groups in total. The van der Waals surface area contributed by atoms with Crippen molar-refractivity contribution < 1.29 is 9.21 Å². The highest BCUT2D eigenvalue weighted by Gasteiger charge is 2.32. The minimum atomic E-state index is 0.0681. The summed E-state index contributed by atoms with van der Waals surface area (Å²) in [5.41, 5.74) is 1.04. The van der Waals surface area contributed by atoms with Crippen LogP contribution in [0.15, 0.2) is 16.7 Å². The number of fused-ring (bicyclic) bond motifs is 1. The first kappa shape index (κ1) is 9.90.